The maximum Gasteiger partial charge on any atom is 0.268 e. The van der Waals surface area contributed by atoms with Gasteiger partial charge in [-0.2, -0.15) is 0 Å². The van der Waals surface area contributed by atoms with Crippen LogP contribution < -0.4 is 10.2 Å². The molecule has 0 rings (SSSR count). The number of carbonyl (C=O) groups is 1. The maximum atomic E-state index is 12.6. The van der Waals surface area contributed by atoms with Gasteiger partial charge in [-0.05, 0) is 19.3 Å². The summed E-state index contributed by atoms with van der Waals surface area (Å²) in [4.78, 5) is 24.9. The minimum Gasteiger partial charge on any atom is -0.756 e. The summed E-state index contributed by atoms with van der Waals surface area (Å²) in [7, 11) is 1.26. The van der Waals surface area contributed by atoms with E-state index in [0.717, 1.165) is 38.5 Å². The van der Waals surface area contributed by atoms with E-state index in [0.29, 0.717) is 17.4 Å². The van der Waals surface area contributed by atoms with E-state index in [-0.39, 0.29) is 19.1 Å². The second-order valence-electron chi connectivity index (χ2n) is 12.5. The lowest BCUT2D eigenvalue weighted by molar-refractivity contribution is -0.870. The first kappa shape index (κ1) is 40.2. The van der Waals surface area contributed by atoms with Gasteiger partial charge in [0.1, 0.15) is 13.2 Å². The van der Waals surface area contributed by atoms with Crippen LogP contribution >= 0.6 is 7.82 Å². The molecule has 0 saturated carbocycles. The molecule has 0 aliphatic heterocycles. The summed E-state index contributed by atoms with van der Waals surface area (Å²) in [5, 5.41) is 13.6. The Hall–Kier alpha value is -0.760. The Balaban J connectivity index is 4.62. The Morgan fingerprint density at radius 3 is 1.83 bits per heavy atom. The molecule has 0 aromatic carbocycles. The minimum absolute atomic E-state index is 0.000866. The zero-order valence-electron chi connectivity index (χ0n) is 27.2. The number of unbranched alkanes of at least 4 members (excludes halogenated alkanes) is 16. The lowest BCUT2D eigenvalue weighted by atomic mass is 10.1. The number of rotatable bonds is 29. The number of likely N-dealkylation sites (N-methyl/N-ethyl adjacent to an activating group) is 1. The zero-order chi connectivity index (χ0) is 30.8. The molecule has 0 aromatic heterocycles. The number of phosphoric ester groups is 1. The largest absolute Gasteiger partial charge is 0.756 e. The van der Waals surface area contributed by atoms with Gasteiger partial charge in [0.25, 0.3) is 7.82 Å². The van der Waals surface area contributed by atoms with Gasteiger partial charge < -0.3 is 28.8 Å². The van der Waals surface area contributed by atoms with Crippen LogP contribution in [0.5, 0.6) is 0 Å². The van der Waals surface area contributed by atoms with Crippen molar-refractivity contribution >= 4 is 13.7 Å². The molecule has 0 heterocycles. The van der Waals surface area contributed by atoms with Crippen molar-refractivity contribution in [1.29, 1.82) is 0 Å². The molecule has 1 amide bonds. The number of nitrogens with one attached hydrogen (secondary N) is 1. The molecule has 41 heavy (non-hydrogen) atoms. The normalized spacial score (nSPS) is 15.2. The van der Waals surface area contributed by atoms with Gasteiger partial charge in [-0.3, -0.25) is 9.36 Å². The second kappa shape index (κ2) is 25.7. The van der Waals surface area contributed by atoms with Gasteiger partial charge in [0.2, 0.25) is 5.91 Å². The van der Waals surface area contributed by atoms with Crippen LogP contribution in [0.1, 0.15) is 136 Å². The smallest absolute Gasteiger partial charge is 0.268 e. The summed E-state index contributed by atoms with van der Waals surface area (Å²) in [6.07, 6.45) is 24.1. The van der Waals surface area contributed by atoms with Crippen molar-refractivity contribution < 1.29 is 32.9 Å². The number of aliphatic hydroxyl groups is 1. The molecule has 2 N–H and O–H groups in total. The lowest BCUT2D eigenvalue weighted by Gasteiger charge is -2.29. The van der Waals surface area contributed by atoms with Gasteiger partial charge in [0.05, 0.1) is 39.9 Å². The fourth-order valence-corrected chi connectivity index (χ4v) is 5.22. The fourth-order valence-electron chi connectivity index (χ4n) is 4.50. The molecule has 0 saturated heterocycles. The van der Waals surface area contributed by atoms with Crippen molar-refractivity contribution in [1.82, 2.24) is 5.32 Å². The molecule has 0 aliphatic rings. The summed E-state index contributed by atoms with van der Waals surface area (Å²) in [6.45, 7) is 4.55. The monoisotopic (exact) mass is 604 g/mol. The Morgan fingerprint density at radius 2 is 1.32 bits per heavy atom. The number of carbonyl (C=O) groups excluding carboxylic acids is 1. The third-order valence-electron chi connectivity index (χ3n) is 7.25. The number of allylic oxidation sites excluding steroid dienone is 1. The molecule has 3 unspecified atom stereocenters. The average Bonchev–Trinajstić information content (AvgIpc) is 2.90. The van der Waals surface area contributed by atoms with Gasteiger partial charge in [-0.15, -0.1) is 0 Å². The van der Waals surface area contributed by atoms with Crippen molar-refractivity contribution in [2.45, 2.75) is 148 Å². The summed E-state index contributed by atoms with van der Waals surface area (Å²) < 4.78 is 22.9. The molecular weight excluding hydrogens is 539 g/mol. The molecule has 9 heteroatoms. The van der Waals surface area contributed by atoms with Crippen LogP contribution in [0.2, 0.25) is 0 Å². The number of phosphoric acid groups is 1. The van der Waals surface area contributed by atoms with E-state index in [9.17, 15) is 19.4 Å². The summed E-state index contributed by atoms with van der Waals surface area (Å²) >= 11 is 0. The Morgan fingerprint density at radius 1 is 0.829 bits per heavy atom. The first-order valence-corrected chi connectivity index (χ1v) is 18.0. The minimum atomic E-state index is -4.56. The van der Waals surface area contributed by atoms with Gasteiger partial charge in [0, 0.05) is 6.42 Å². The summed E-state index contributed by atoms with van der Waals surface area (Å²) in [6, 6.07) is -0.875. The molecule has 244 valence electrons. The molecular formula is C32H65N2O6P. The summed E-state index contributed by atoms with van der Waals surface area (Å²) in [5.41, 5.74) is 0. The average molecular weight is 605 g/mol. The van der Waals surface area contributed by atoms with Crippen LogP contribution in [0.15, 0.2) is 12.2 Å². The van der Waals surface area contributed by atoms with Crippen LogP contribution in [0.4, 0.5) is 0 Å². The first-order chi connectivity index (χ1) is 19.5. The molecule has 0 fully saturated rings. The van der Waals surface area contributed by atoms with Gasteiger partial charge in [0.15, 0.2) is 0 Å². The highest BCUT2D eigenvalue weighted by atomic mass is 31.2. The number of hydrogen-bond acceptors (Lipinski definition) is 6. The van der Waals surface area contributed by atoms with E-state index in [1.54, 1.807) is 6.08 Å². The third kappa shape index (κ3) is 27.8. The van der Waals surface area contributed by atoms with E-state index < -0.39 is 20.0 Å². The van der Waals surface area contributed by atoms with Gasteiger partial charge in [-0.25, -0.2) is 0 Å². The maximum absolute atomic E-state index is 12.6. The molecule has 0 radical (unpaired) electrons. The molecule has 0 spiro atoms. The number of amides is 1. The predicted octanol–water partition coefficient (Wildman–Crippen LogP) is 7.05. The van der Waals surface area contributed by atoms with E-state index in [2.05, 4.69) is 19.2 Å². The van der Waals surface area contributed by atoms with Gasteiger partial charge in [-0.1, -0.05) is 122 Å². The summed E-state index contributed by atoms with van der Waals surface area (Å²) in [5.74, 6) is -0.207. The zero-order valence-corrected chi connectivity index (χ0v) is 28.1. The van der Waals surface area contributed by atoms with Crippen LogP contribution in [0.25, 0.3) is 0 Å². The Bertz CT molecular complexity index is 698. The molecule has 0 aromatic rings. The van der Waals surface area contributed by atoms with Crippen LogP contribution in [-0.2, 0) is 18.4 Å². The first-order valence-electron chi connectivity index (χ1n) is 16.6. The van der Waals surface area contributed by atoms with E-state index in [1.165, 1.54) is 77.0 Å². The highest BCUT2D eigenvalue weighted by Crippen LogP contribution is 2.38. The van der Waals surface area contributed by atoms with Crippen LogP contribution in [0.3, 0.4) is 0 Å². The van der Waals surface area contributed by atoms with E-state index in [1.807, 2.05) is 27.2 Å². The van der Waals surface area contributed by atoms with E-state index >= 15 is 0 Å². The standard InChI is InChI=1S/C32H65N2O6P/c1-6-8-10-12-14-15-16-17-18-20-21-23-25-31(35)30(29-40-41(37,38)39-28-27-34(3,4)5)33-32(36)26-24-22-19-13-11-9-7-2/h23,25,30-31,35H,6-22,24,26-29H2,1-5H3,(H-,33,36,37,38)/b25-23+. The van der Waals surface area contributed by atoms with Crippen molar-refractivity contribution in [3.8, 4) is 0 Å². The lowest BCUT2D eigenvalue weighted by Crippen LogP contribution is -2.45. The van der Waals surface area contributed by atoms with Crippen molar-refractivity contribution in [2.75, 3.05) is 40.9 Å². The van der Waals surface area contributed by atoms with E-state index in [4.69, 9.17) is 9.05 Å². The molecule has 8 nitrogen and oxygen atoms in total. The fraction of sp³-hybridized carbons (Fsp3) is 0.906. The highest BCUT2D eigenvalue weighted by molar-refractivity contribution is 7.45. The number of quaternary nitrogens is 1. The number of aliphatic hydroxyl groups excluding tert-OH is 1. The Kier molecular flexibility index (Phi) is 25.2. The topological polar surface area (TPSA) is 108 Å². The molecule has 3 atom stereocenters. The SMILES string of the molecule is CCCCCCCCCCCC/C=C/C(O)C(COP(=O)([O-])OCC[N+](C)(C)C)NC(=O)CCCCCCCCC. The quantitative estimate of drug-likeness (QED) is 0.0410. The highest BCUT2D eigenvalue weighted by Gasteiger charge is 2.23. The van der Waals surface area contributed by atoms with Crippen molar-refractivity contribution in [3.63, 3.8) is 0 Å². The second-order valence-corrected chi connectivity index (χ2v) is 13.9. The third-order valence-corrected chi connectivity index (χ3v) is 8.21. The molecule has 0 aliphatic carbocycles. The molecule has 0 bridgehead atoms. The Labute approximate surface area is 252 Å². The number of nitrogens with zero attached hydrogens (tertiary/aromatic N) is 1. The van der Waals surface area contributed by atoms with Crippen LogP contribution in [0, 0.1) is 0 Å². The van der Waals surface area contributed by atoms with Crippen LogP contribution in [-0.4, -0.2) is 68.5 Å². The number of hydrogen-bond donors (Lipinski definition) is 2. The van der Waals surface area contributed by atoms with Crippen molar-refractivity contribution in [3.05, 3.63) is 12.2 Å². The van der Waals surface area contributed by atoms with Gasteiger partial charge >= 0.3 is 0 Å². The predicted molar refractivity (Wildman–Crippen MR) is 169 cm³/mol. The van der Waals surface area contributed by atoms with Crippen molar-refractivity contribution in [2.24, 2.45) is 0 Å².